The van der Waals surface area contributed by atoms with E-state index in [1.54, 1.807) is 12.1 Å². The molecule has 0 radical (unpaired) electrons. The summed E-state index contributed by atoms with van der Waals surface area (Å²) in [7, 11) is -4.43. The van der Waals surface area contributed by atoms with Gasteiger partial charge in [-0.3, -0.25) is 14.4 Å². The Morgan fingerprint density at radius 3 is 2.67 bits per heavy atom. The minimum atomic E-state index is -4.43. The van der Waals surface area contributed by atoms with Crippen molar-refractivity contribution in [2.75, 3.05) is 43.5 Å². The largest absolute Gasteiger partial charge is 0.493 e. The van der Waals surface area contributed by atoms with E-state index in [1.165, 1.54) is 24.5 Å². The molecule has 5 N–H and O–H groups in total. The summed E-state index contributed by atoms with van der Waals surface area (Å²) in [6, 6.07) is 12.9. The molecular formula is C27H33FN7O6P. The molecule has 0 saturated heterocycles. The highest BCUT2D eigenvalue weighted by molar-refractivity contribution is 7.46. The minimum Gasteiger partial charge on any atom is -0.493 e. The third-order valence-corrected chi connectivity index (χ3v) is 6.68. The predicted octanol–water partition coefficient (Wildman–Crippen LogP) is 4.01. The van der Waals surface area contributed by atoms with Crippen LogP contribution in [0.25, 0.3) is 10.9 Å². The van der Waals surface area contributed by atoms with Gasteiger partial charge in [0.15, 0.2) is 5.82 Å². The number of amides is 1. The maximum Gasteiger partial charge on any atom is 0.469 e. The summed E-state index contributed by atoms with van der Waals surface area (Å²) in [6.45, 7) is 4.75. The summed E-state index contributed by atoms with van der Waals surface area (Å²) in [4.78, 5) is 40.7. The number of hydrogen-bond donors (Lipinski definition) is 5. The number of halogens is 1. The van der Waals surface area contributed by atoms with Gasteiger partial charge in [-0.1, -0.05) is 13.0 Å². The first-order valence-electron chi connectivity index (χ1n) is 13.4. The molecule has 0 fully saturated rings. The average molecular weight is 602 g/mol. The van der Waals surface area contributed by atoms with Crippen molar-refractivity contribution in [3.63, 3.8) is 0 Å². The molecule has 224 valence electrons. The standard InChI is InChI=1S/C27H33FN7O6P/c1-2-35(11-5-13-41-42(37,38)39)10-4-12-40-22-8-9-23-24(17-22)29-18-30-27(23)32-25-15-21(33-34-25)16-26(36)31-20-7-3-6-19(28)14-20/h3,6-9,14-15,17-18H,2,4-5,10-13,16H2,1H3,(H,31,36)(H2,37,38,39)(H2,29,30,32,33,34). The molecule has 15 heteroatoms. The van der Waals surface area contributed by atoms with Crippen LogP contribution in [0.5, 0.6) is 5.75 Å². The van der Waals surface area contributed by atoms with Gasteiger partial charge in [0.25, 0.3) is 0 Å². The van der Waals surface area contributed by atoms with Crippen LogP contribution in [-0.2, 0) is 20.3 Å². The molecule has 0 aliphatic carbocycles. The molecule has 2 aromatic heterocycles. The van der Waals surface area contributed by atoms with Gasteiger partial charge >= 0.3 is 7.82 Å². The number of ether oxygens (including phenoxy) is 1. The normalized spacial score (nSPS) is 11.6. The van der Waals surface area contributed by atoms with Crippen LogP contribution in [0.4, 0.5) is 21.7 Å². The molecule has 13 nitrogen and oxygen atoms in total. The van der Waals surface area contributed by atoms with Crippen molar-refractivity contribution >= 4 is 42.0 Å². The van der Waals surface area contributed by atoms with Crippen LogP contribution in [0.15, 0.2) is 54.9 Å². The fraction of sp³-hybridized carbons (Fsp3) is 0.333. The molecule has 0 saturated carbocycles. The molecule has 0 spiro atoms. The second-order valence-electron chi connectivity index (χ2n) is 9.35. The first kappa shape index (κ1) is 31.0. The van der Waals surface area contributed by atoms with Gasteiger partial charge in [-0.2, -0.15) is 5.10 Å². The van der Waals surface area contributed by atoms with E-state index in [-0.39, 0.29) is 18.9 Å². The lowest BCUT2D eigenvalue weighted by molar-refractivity contribution is -0.115. The van der Waals surface area contributed by atoms with Crippen molar-refractivity contribution in [2.24, 2.45) is 0 Å². The van der Waals surface area contributed by atoms with Crippen LogP contribution in [-0.4, -0.2) is 73.6 Å². The van der Waals surface area contributed by atoms with Gasteiger partial charge in [-0.25, -0.2) is 18.9 Å². The molecule has 4 rings (SSSR count). The Kier molecular flexibility index (Phi) is 10.9. The van der Waals surface area contributed by atoms with E-state index in [9.17, 15) is 13.8 Å². The number of carbonyl (C=O) groups excluding carboxylic acids is 1. The van der Waals surface area contributed by atoms with Crippen molar-refractivity contribution in [3.8, 4) is 5.75 Å². The van der Waals surface area contributed by atoms with Gasteiger partial charge in [-0.15, -0.1) is 0 Å². The summed E-state index contributed by atoms with van der Waals surface area (Å²) >= 11 is 0. The highest BCUT2D eigenvalue weighted by atomic mass is 31.2. The van der Waals surface area contributed by atoms with Crippen LogP contribution in [0.2, 0.25) is 0 Å². The van der Waals surface area contributed by atoms with Crippen LogP contribution in [0.1, 0.15) is 25.5 Å². The number of carbonyl (C=O) groups is 1. The van der Waals surface area contributed by atoms with Crippen LogP contribution in [0, 0.1) is 5.82 Å². The van der Waals surface area contributed by atoms with E-state index < -0.39 is 13.6 Å². The number of phosphoric ester groups is 1. The highest BCUT2D eigenvalue weighted by Crippen LogP contribution is 2.35. The zero-order chi connectivity index (χ0) is 30.0. The number of nitrogens with one attached hydrogen (secondary N) is 3. The van der Waals surface area contributed by atoms with Crippen molar-refractivity contribution < 1.29 is 32.8 Å². The molecule has 1 amide bonds. The Morgan fingerprint density at radius 2 is 1.90 bits per heavy atom. The molecule has 2 heterocycles. The lowest BCUT2D eigenvalue weighted by Gasteiger charge is -2.20. The highest BCUT2D eigenvalue weighted by Gasteiger charge is 2.14. The number of hydrogen-bond acceptors (Lipinski definition) is 9. The van der Waals surface area contributed by atoms with Gasteiger partial charge in [0.05, 0.1) is 25.2 Å². The first-order valence-corrected chi connectivity index (χ1v) is 14.9. The second kappa shape index (κ2) is 14.8. The number of rotatable bonds is 16. The third kappa shape index (κ3) is 9.86. The maximum atomic E-state index is 13.4. The van der Waals surface area contributed by atoms with E-state index in [2.05, 4.69) is 40.2 Å². The summed E-state index contributed by atoms with van der Waals surface area (Å²) in [5.74, 6) is 0.925. The Morgan fingerprint density at radius 1 is 1.10 bits per heavy atom. The zero-order valence-electron chi connectivity index (χ0n) is 23.0. The van der Waals surface area contributed by atoms with Crippen LogP contribution in [0.3, 0.4) is 0 Å². The van der Waals surface area contributed by atoms with Gasteiger partial charge in [0.2, 0.25) is 5.91 Å². The topological polar surface area (TPSA) is 175 Å². The van der Waals surface area contributed by atoms with Gasteiger partial charge in [0.1, 0.15) is 23.7 Å². The van der Waals surface area contributed by atoms with Crippen LogP contribution >= 0.6 is 7.82 Å². The molecule has 4 aromatic rings. The predicted molar refractivity (Wildman–Crippen MR) is 155 cm³/mol. The van der Waals surface area contributed by atoms with Gasteiger partial charge in [0, 0.05) is 42.0 Å². The number of aromatic amines is 1. The number of aromatic nitrogens is 4. The average Bonchev–Trinajstić information content (AvgIpc) is 3.38. The monoisotopic (exact) mass is 601 g/mol. The number of H-pyrrole nitrogens is 1. The zero-order valence-corrected chi connectivity index (χ0v) is 23.9. The number of anilines is 3. The molecule has 42 heavy (non-hydrogen) atoms. The van der Waals surface area contributed by atoms with E-state index in [1.807, 2.05) is 25.1 Å². The number of nitrogens with zero attached hydrogens (tertiary/aromatic N) is 4. The molecule has 2 aromatic carbocycles. The van der Waals surface area contributed by atoms with E-state index in [0.717, 1.165) is 24.9 Å². The number of phosphoric acid groups is 1. The van der Waals surface area contributed by atoms with Crippen molar-refractivity contribution in [1.82, 2.24) is 25.1 Å². The SMILES string of the molecule is CCN(CCCOc1ccc2c(Nc3cc(CC(=O)Nc4cccc(F)c4)[nH]n3)ncnc2c1)CCCOP(=O)(O)O. The quantitative estimate of drug-likeness (QED) is 0.0927. The third-order valence-electron chi connectivity index (χ3n) is 6.16. The van der Waals surface area contributed by atoms with Crippen molar-refractivity contribution in [3.05, 3.63) is 66.4 Å². The maximum absolute atomic E-state index is 13.4. The molecule has 0 aliphatic rings. The van der Waals surface area contributed by atoms with E-state index in [4.69, 9.17) is 14.5 Å². The Hall–Kier alpha value is -3.94. The summed E-state index contributed by atoms with van der Waals surface area (Å²) in [5.41, 5.74) is 1.62. The molecule has 0 atom stereocenters. The summed E-state index contributed by atoms with van der Waals surface area (Å²) in [6.07, 6.45) is 2.75. The second-order valence-corrected chi connectivity index (χ2v) is 10.6. The van der Waals surface area contributed by atoms with Crippen molar-refractivity contribution in [2.45, 2.75) is 26.2 Å². The molecular weight excluding hydrogens is 568 g/mol. The lowest BCUT2D eigenvalue weighted by atomic mass is 10.2. The molecule has 0 aliphatic heterocycles. The van der Waals surface area contributed by atoms with Crippen LogP contribution < -0.4 is 15.4 Å². The smallest absolute Gasteiger partial charge is 0.469 e. The minimum absolute atomic E-state index is 0.00352. The number of fused-ring (bicyclic) bond motifs is 1. The Balaban J connectivity index is 1.26. The van der Waals surface area contributed by atoms with E-state index >= 15 is 0 Å². The summed E-state index contributed by atoms with van der Waals surface area (Å²) < 4.78 is 34.5. The molecule has 0 unspecified atom stereocenters. The lowest BCUT2D eigenvalue weighted by Crippen LogP contribution is -2.27. The Labute approximate surface area is 241 Å². The molecule has 0 bridgehead atoms. The van der Waals surface area contributed by atoms with Gasteiger partial charge in [-0.05, 0) is 49.7 Å². The first-order chi connectivity index (χ1) is 20.2. The summed E-state index contributed by atoms with van der Waals surface area (Å²) in [5, 5.41) is 13.6. The van der Waals surface area contributed by atoms with Gasteiger partial charge < -0.3 is 30.1 Å². The Bertz CT molecular complexity index is 1530. The number of benzene rings is 2. The van der Waals surface area contributed by atoms with Crippen molar-refractivity contribution in [1.29, 1.82) is 0 Å². The fourth-order valence-electron chi connectivity index (χ4n) is 4.19. The fourth-order valence-corrected chi connectivity index (χ4v) is 4.55. The van der Waals surface area contributed by atoms with E-state index in [0.29, 0.717) is 53.9 Å².